The number of amides is 2. The van der Waals surface area contributed by atoms with Gasteiger partial charge in [0.15, 0.2) is 0 Å². The van der Waals surface area contributed by atoms with E-state index in [0.717, 1.165) is 6.07 Å². The fourth-order valence-electron chi connectivity index (χ4n) is 2.16. The van der Waals surface area contributed by atoms with Gasteiger partial charge in [0, 0.05) is 24.3 Å². The van der Waals surface area contributed by atoms with Crippen LogP contribution in [0, 0.1) is 18.7 Å². The fourth-order valence-corrected chi connectivity index (χ4v) is 2.16. The van der Waals surface area contributed by atoms with Crippen molar-refractivity contribution in [2.45, 2.75) is 19.4 Å². The molecular formula is C15H17FN2O3. The molecule has 0 saturated carbocycles. The van der Waals surface area contributed by atoms with Crippen LogP contribution in [0.5, 0.6) is 0 Å². The Kier molecular flexibility index (Phi) is 4.70. The van der Waals surface area contributed by atoms with E-state index in [0.29, 0.717) is 12.0 Å². The van der Waals surface area contributed by atoms with Crippen molar-refractivity contribution < 1.29 is 19.1 Å². The van der Waals surface area contributed by atoms with Crippen molar-refractivity contribution in [3.05, 3.63) is 41.7 Å². The minimum Gasteiger partial charge on any atom is -0.396 e. The van der Waals surface area contributed by atoms with Crippen LogP contribution < -0.4 is 10.6 Å². The summed E-state index contributed by atoms with van der Waals surface area (Å²) in [6.07, 6.45) is 4.12. The SMILES string of the molecule is Cc1ccc(F)cc1NC(=O)C(=O)N[C@@H]1C=C[C@H](CO)C1. The first-order valence-electron chi connectivity index (χ1n) is 6.66. The molecule has 6 heteroatoms. The zero-order chi connectivity index (χ0) is 15.4. The van der Waals surface area contributed by atoms with Crippen molar-refractivity contribution in [1.82, 2.24) is 5.32 Å². The fraction of sp³-hybridized carbons (Fsp3) is 0.333. The molecule has 2 atom stereocenters. The van der Waals surface area contributed by atoms with E-state index < -0.39 is 17.6 Å². The van der Waals surface area contributed by atoms with Gasteiger partial charge in [-0.15, -0.1) is 0 Å². The highest BCUT2D eigenvalue weighted by Crippen LogP contribution is 2.18. The van der Waals surface area contributed by atoms with E-state index in [2.05, 4.69) is 10.6 Å². The maximum absolute atomic E-state index is 13.1. The van der Waals surface area contributed by atoms with Gasteiger partial charge in [-0.3, -0.25) is 9.59 Å². The van der Waals surface area contributed by atoms with Gasteiger partial charge in [-0.25, -0.2) is 4.39 Å². The number of benzene rings is 1. The second-order valence-corrected chi connectivity index (χ2v) is 5.06. The number of hydrogen-bond donors (Lipinski definition) is 3. The first-order chi connectivity index (χ1) is 9.99. The lowest BCUT2D eigenvalue weighted by Crippen LogP contribution is -2.40. The minimum atomic E-state index is -0.843. The Bertz CT molecular complexity index is 586. The summed E-state index contributed by atoms with van der Waals surface area (Å²) in [6.45, 7) is 1.72. The first-order valence-corrected chi connectivity index (χ1v) is 6.66. The highest BCUT2D eigenvalue weighted by atomic mass is 19.1. The zero-order valence-electron chi connectivity index (χ0n) is 11.6. The quantitative estimate of drug-likeness (QED) is 0.577. The first kappa shape index (κ1) is 15.2. The van der Waals surface area contributed by atoms with Crippen LogP contribution in [0.3, 0.4) is 0 Å². The number of anilines is 1. The smallest absolute Gasteiger partial charge is 0.313 e. The number of hydrogen-bond acceptors (Lipinski definition) is 3. The Morgan fingerprint density at radius 2 is 2.10 bits per heavy atom. The summed E-state index contributed by atoms with van der Waals surface area (Å²) in [5, 5.41) is 13.9. The van der Waals surface area contributed by atoms with Gasteiger partial charge >= 0.3 is 11.8 Å². The third kappa shape index (κ3) is 3.88. The van der Waals surface area contributed by atoms with E-state index in [-0.39, 0.29) is 24.3 Å². The topological polar surface area (TPSA) is 78.4 Å². The Balaban J connectivity index is 1.93. The lowest BCUT2D eigenvalue weighted by atomic mass is 10.1. The van der Waals surface area contributed by atoms with Crippen molar-refractivity contribution >= 4 is 17.5 Å². The van der Waals surface area contributed by atoms with Gasteiger partial charge in [0.2, 0.25) is 0 Å². The van der Waals surface area contributed by atoms with E-state index in [1.54, 1.807) is 19.1 Å². The van der Waals surface area contributed by atoms with E-state index in [4.69, 9.17) is 5.11 Å². The molecule has 2 rings (SSSR count). The van der Waals surface area contributed by atoms with Gasteiger partial charge in [0.05, 0.1) is 0 Å². The molecule has 5 nitrogen and oxygen atoms in total. The molecule has 3 N–H and O–H groups in total. The molecular weight excluding hydrogens is 275 g/mol. The summed E-state index contributed by atoms with van der Waals surface area (Å²) in [4.78, 5) is 23.6. The van der Waals surface area contributed by atoms with Gasteiger partial charge in [0.1, 0.15) is 5.82 Å². The maximum atomic E-state index is 13.1. The molecule has 1 aromatic carbocycles. The van der Waals surface area contributed by atoms with Crippen LogP contribution in [0.4, 0.5) is 10.1 Å². The van der Waals surface area contributed by atoms with E-state index in [9.17, 15) is 14.0 Å². The molecule has 112 valence electrons. The van der Waals surface area contributed by atoms with Crippen molar-refractivity contribution in [3.63, 3.8) is 0 Å². The van der Waals surface area contributed by atoms with Crippen molar-refractivity contribution in [1.29, 1.82) is 0 Å². The van der Waals surface area contributed by atoms with Crippen LogP contribution in [-0.2, 0) is 9.59 Å². The second kappa shape index (κ2) is 6.49. The minimum absolute atomic E-state index is 0.00354. The monoisotopic (exact) mass is 292 g/mol. The molecule has 21 heavy (non-hydrogen) atoms. The molecule has 0 aromatic heterocycles. The lowest BCUT2D eigenvalue weighted by molar-refractivity contribution is -0.136. The Hall–Kier alpha value is -2.21. The van der Waals surface area contributed by atoms with Crippen LogP contribution in [0.15, 0.2) is 30.4 Å². The number of carbonyl (C=O) groups is 2. The molecule has 1 aliphatic carbocycles. The summed E-state index contributed by atoms with van der Waals surface area (Å²) in [5.41, 5.74) is 0.934. The number of aliphatic hydroxyl groups excluding tert-OH is 1. The number of rotatable bonds is 3. The average molecular weight is 292 g/mol. The summed E-state index contributed by atoms with van der Waals surface area (Å²) >= 11 is 0. The lowest BCUT2D eigenvalue weighted by Gasteiger charge is -2.13. The predicted octanol–water partition coefficient (Wildman–Crippen LogP) is 1.13. The highest BCUT2D eigenvalue weighted by molar-refractivity contribution is 6.39. The van der Waals surface area contributed by atoms with Gasteiger partial charge in [-0.05, 0) is 31.0 Å². The molecule has 0 spiro atoms. The van der Waals surface area contributed by atoms with Gasteiger partial charge in [0.25, 0.3) is 0 Å². The van der Waals surface area contributed by atoms with Gasteiger partial charge < -0.3 is 15.7 Å². The van der Waals surface area contributed by atoms with E-state index in [1.165, 1.54) is 12.1 Å². The molecule has 2 amide bonds. The molecule has 0 unspecified atom stereocenters. The molecule has 0 bridgehead atoms. The third-order valence-electron chi connectivity index (χ3n) is 3.38. The Labute approximate surface area is 121 Å². The van der Waals surface area contributed by atoms with Gasteiger partial charge in [-0.1, -0.05) is 18.2 Å². The van der Waals surface area contributed by atoms with E-state index >= 15 is 0 Å². The largest absolute Gasteiger partial charge is 0.396 e. The number of aryl methyl sites for hydroxylation is 1. The second-order valence-electron chi connectivity index (χ2n) is 5.06. The van der Waals surface area contributed by atoms with Crippen LogP contribution in [0.2, 0.25) is 0 Å². The summed E-state index contributed by atoms with van der Waals surface area (Å²) in [5.74, 6) is -2.11. The number of carbonyl (C=O) groups excluding carboxylic acids is 2. The standard InChI is InChI=1S/C15H17FN2O3/c1-9-2-4-11(16)7-13(9)18-15(21)14(20)17-12-5-3-10(6-12)8-19/h2-5,7,10,12,19H,6,8H2,1H3,(H,17,20)(H,18,21)/t10-,12+/m0/s1. The highest BCUT2D eigenvalue weighted by Gasteiger charge is 2.23. The zero-order valence-corrected chi connectivity index (χ0v) is 11.6. The molecule has 0 fully saturated rings. The summed E-state index contributed by atoms with van der Waals surface area (Å²) < 4.78 is 13.1. The summed E-state index contributed by atoms with van der Waals surface area (Å²) in [6, 6.07) is 3.70. The van der Waals surface area contributed by atoms with Crippen molar-refractivity contribution in [2.24, 2.45) is 5.92 Å². The normalized spacial score (nSPS) is 20.3. The van der Waals surface area contributed by atoms with Crippen molar-refractivity contribution in [2.75, 3.05) is 11.9 Å². The van der Waals surface area contributed by atoms with E-state index in [1.807, 2.05) is 0 Å². The van der Waals surface area contributed by atoms with Crippen LogP contribution >= 0.6 is 0 Å². The maximum Gasteiger partial charge on any atom is 0.313 e. The van der Waals surface area contributed by atoms with Crippen LogP contribution in [0.1, 0.15) is 12.0 Å². The third-order valence-corrected chi connectivity index (χ3v) is 3.38. The average Bonchev–Trinajstić information content (AvgIpc) is 2.90. The molecule has 0 aliphatic heterocycles. The molecule has 0 heterocycles. The number of nitrogens with one attached hydrogen (secondary N) is 2. The molecule has 1 aliphatic rings. The summed E-state index contributed by atoms with van der Waals surface area (Å²) in [7, 11) is 0. The molecule has 0 radical (unpaired) electrons. The number of aliphatic hydroxyl groups is 1. The van der Waals surface area contributed by atoms with Crippen molar-refractivity contribution in [3.8, 4) is 0 Å². The Morgan fingerprint density at radius 1 is 1.33 bits per heavy atom. The molecule has 0 saturated heterocycles. The number of halogens is 1. The molecule has 1 aromatic rings. The Morgan fingerprint density at radius 3 is 2.76 bits per heavy atom. The predicted molar refractivity (Wildman–Crippen MR) is 76.0 cm³/mol. The van der Waals surface area contributed by atoms with Crippen LogP contribution in [0.25, 0.3) is 0 Å². The van der Waals surface area contributed by atoms with Crippen LogP contribution in [-0.4, -0.2) is 29.6 Å². The van der Waals surface area contributed by atoms with Gasteiger partial charge in [-0.2, -0.15) is 0 Å².